The third kappa shape index (κ3) is 12.1. The van der Waals surface area contributed by atoms with E-state index in [4.69, 9.17) is 4.74 Å². The van der Waals surface area contributed by atoms with Crippen molar-refractivity contribution in [2.45, 2.75) is 96.8 Å². The van der Waals surface area contributed by atoms with Crippen molar-refractivity contribution in [3.05, 3.63) is 65.7 Å². The van der Waals surface area contributed by atoms with Crippen LogP contribution in [0.2, 0.25) is 0 Å². The van der Waals surface area contributed by atoms with E-state index in [9.17, 15) is 14.4 Å². The summed E-state index contributed by atoms with van der Waals surface area (Å²) >= 11 is 0. The number of anilines is 1. The standard InChI is InChI=1S/C31H43NO4/c1-2-3-4-5-6-7-8-9-10-11-12-13-17-24-30(34)32-28-23-19-18-22-27(28)31(35)36-25-29(33)26-20-15-14-16-21-26/h14-16,18-23H,2-13,17,24-25H2,1H3,(H,32,34). The van der Waals surface area contributed by atoms with Crippen LogP contribution in [-0.4, -0.2) is 24.3 Å². The molecule has 0 unspecified atom stereocenters. The van der Waals surface area contributed by atoms with Crippen LogP contribution < -0.4 is 5.32 Å². The number of ketones is 1. The van der Waals surface area contributed by atoms with Crippen molar-refractivity contribution in [3.8, 4) is 0 Å². The van der Waals surface area contributed by atoms with E-state index in [2.05, 4.69) is 12.2 Å². The summed E-state index contributed by atoms with van der Waals surface area (Å²) in [6, 6.07) is 15.4. The van der Waals surface area contributed by atoms with Gasteiger partial charge in [-0.15, -0.1) is 0 Å². The Morgan fingerprint density at radius 3 is 1.81 bits per heavy atom. The zero-order valence-corrected chi connectivity index (χ0v) is 21.9. The summed E-state index contributed by atoms with van der Waals surface area (Å²) in [6.07, 6.45) is 16.8. The fraction of sp³-hybridized carbons (Fsp3) is 0.516. The molecule has 2 rings (SSSR count). The van der Waals surface area contributed by atoms with Crippen LogP contribution in [0.5, 0.6) is 0 Å². The number of carbonyl (C=O) groups is 3. The highest BCUT2D eigenvalue weighted by atomic mass is 16.5. The predicted octanol–water partition coefficient (Wildman–Crippen LogP) is 8.15. The number of ether oxygens (including phenoxy) is 1. The van der Waals surface area contributed by atoms with E-state index in [0.29, 0.717) is 17.7 Å². The van der Waals surface area contributed by atoms with Crippen molar-refractivity contribution in [2.24, 2.45) is 0 Å². The molecule has 2 aromatic rings. The predicted molar refractivity (Wildman–Crippen MR) is 146 cm³/mol. The normalized spacial score (nSPS) is 10.7. The lowest BCUT2D eigenvalue weighted by molar-refractivity contribution is -0.116. The molecule has 0 bridgehead atoms. The third-order valence-electron chi connectivity index (χ3n) is 6.36. The second-order valence-electron chi connectivity index (χ2n) is 9.45. The van der Waals surface area contributed by atoms with Crippen LogP contribution >= 0.6 is 0 Å². The van der Waals surface area contributed by atoms with Gasteiger partial charge in [0.25, 0.3) is 0 Å². The molecular formula is C31H43NO4. The number of benzene rings is 2. The Morgan fingerprint density at radius 1 is 0.667 bits per heavy atom. The molecule has 0 heterocycles. The lowest BCUT2D eigenvalue weighted by Gasteiger charge is -2.11. The second-order valence-corrected chi connectivity index (χ2v) is 9.45. The van der Waals surface area contributed by atoms with Crippen molar-refractivity contribution in [1.29, 1.82) is 0 Å². The molecule has 1 N–H and O–H groups in total. The minimum atomic E-state index is -0.629. The number of rotatable bonds is 19. The SMILES string of the molecule is CCCCCCCCCCCCCCCC(=O)Nc1ccccc1C(=O)OCC(=O)c1ccccc1. The maximum atomic E-state index is 12.5. The molecule has 2 aromatic carbocycles. The molecule has 0 atom stereocenters. The first-order valence-electron chi connectivity index (χ1n) is 13.8. The minimum Gasteiger partial charge on any atom is -0.454 e. The van der Waals surface area contributed by atoms with Gasteiger partial charge in [-0.2, -0.15) is 0 Å². The molecular weight excluding hydrogens is 450 g/mol. The van der Waals surface area contributed by atoms with E-state index in [-0.39, 0.29) is 23.9 Å². The lowest BCUT2D eigenvalue weighted by Crippen LogP contribution is -2.18. The number of esters is 1. The highest BCUT2D eigenvalue weighted by molar-refractivity contribution is 6.03. The van der Waals surface area contributed by atoms with Crippen LogP contribution in [0, 0.1) is 0 Å². The van der Waals surface area contributed by atoms with Crippen molar-refractivity contribution >= 4 is 23.3 Å². The van der Waals surface area contributed by atoms with Crippen LogP contribution in [0.1, 0.15) is 118 Å². The third-order valence-corrected chi connectivity index (χ3v) is 6.36. The van der Waals surface area contributed by atoms with Gasteiger partial charge in [-0.3, -0.25) is 9.59 Å². The monoisotopic (exact) mass is 493 g/mol. The first kappa shape index (κ1) is 29.3. The quantitative estimate of drug-likeness (QED) is 0.122. The smallest absolute Gasteiger partial charge is 0.340 e. The average Bonchev–Trinajstić information content (AvgIpc) is 2.90. The van der Waals surface area contributed by atoms with Gasteiger partial charge in [0.15, 0.2) is 12.4 Å². The van der Waals surface area contributed by atoms with E-state index in [0.717, 1.165) is 19.3 Å². The Hall–Kier alpha value is -2.95. The van der Waals surface area contributed by atoms with E-state index in [1.807, 2.05) is 6.07 Å². The Kier molecular flexibility index (Phi) is 14.9. The number of hydrogen-bond donors (Lipinski definition) is 1. The fourth-order valence-corrected chi connectivity index (χ4v) is 4.20. The zero-order valence-electron chi connectivity index (χ0n) is 21.9. The van der Waals surface area contributed by atoms with Crippen LogP contribution in [0.4, 0.5) is 5.69 Å². The molecule has 5 heteroatoms. The summed E-state index contributed by atoms with van der Waals surface area (Å²) in [5, 5.41) is 2.83. The maximum absolute atomic E-state index is 12.5. The van der Waals surface area contributed by atoms with Crippen LogP contribution in [0.15, 0.2) is 54.6 Å². The molecule has 0 spiro atoms. The van der Waals surface area contributed by atoms with E-state index < -0.39 is 5.97 Å². The zero-order chi connectivity index (χ0) is 25.8. The molecule has 1 amide bonds. The van der Waals surface area contributed by atoms with Crippen molar-refractivity contribution in [3.63, 3.8) is 0 Å². The summed E-state index contributed by atoms with van der Waals surface area (Å²) in [7, 11) is 0. The van der Waals surface area contributed by atoms with Gasteiger partial charge in [0.2, 0.25) is 5.91 Å². The maximum Gasteiger partial charge on any atom is 0.340 e. The summed E-state index contributed by atoms with van der Waals surface area (Å²) in [5.74, 6) is -1.01. The second kappa shape index (κ2) is 18.3. The average molecular weight is 494 g/mol. The highest BCUT2D eigenvalue weighted by Gasteiger charge is 2.16. The molecule has 36 heavy (non-hydrogen) atoms. The van der Waals surface area contributed by atoms with Gasteiger partial charge in [0, 0.05) is 12.0 Å². The largest absolute Gasteiger partial charge is 0.454 e. The molecule has 0 aromatic heterocycles. The highest BCUT2D eigenvalue weighted by Crippen LogP contribution is 2.18. The van der Waals surface area contributed by atoms with Gasteiger partial charge in [0.1, 0.15) is 0 Å². The number of hydrogen-bond acceptors (Lipinski definition) is 4. The van der Waals surface area contributed by atoms with E-state index >= 15 is 0 Å². The molecule has 5 nitrogen and oxygen atoms in total. The number of carbonyl (C=O) groups excluding carboxylic acids is 3. The van der Waals surface area contributed by atoms with Gasteiger partial charge < -0.3 is 10.1 Å². The molecule has 0 aliphatic heterocycles. The van der Waals surface area contributed by atoms with Crippen LogP contribution in [-0.2, 0) is 9.53 Å². The van der Waals surface area contributed by atoms with Crippen molar-refractivity contribution in [1.82, 2.24) is 0 Å². The topological polar surface area (TPSA) is 72.5 Å². The molecule has 0 saturated heterocycles. The van der Waals surface area contributed by atoms with E-state index in [1.165, 1.54) is 64.2 Å². The van der Waals surface area contributed by atoms with Crippen molar-refractivity contribution in [2.75, 3.05) is 11.9 Å². The minimum absolute atomic E-state index is 0.112. The molecule has 0 aliphatic carbocycles. The van der Waals surface area contributed by atoms with Gasteiger partial charge in [-0.05, 0) is 18.6 Å². The van der Waals surface area contributed by atoms with Crippen LogP contribution in [0.3, 0.4) is 0 Å². The van der Waals surface area contributed by atoms with Gasteiger partial charge in [0.05, 0.1) is 11.3 Å². The summed E-state index contributed by atoms with van der Waals surface area (Å²) in [4.78, 5) is 37.2. The number of para-hydroxylation sites is 1. The molecule has 196 valence electrons. The number of unbranched alkanes of at least 4 members (excludes halogenated alkanes) is 12. The van der Waals surface area contributed by atoms with Gasteiger partial charge >= 0.3 is 5.97 Å². The van der Waals surface area contributed by atoms with Gasteiger partial charge in [-0.1, -0.05) is 126 Å². The van der Waals surface area contributed by atoms with Crippen LogP contribution in [0.25, 0.3) is 0 Å². The van der Waals surface area contributed by atoms with E-state index in [1.54, 1.807) is 48.5 Å². The van der Waals surface area contributed by atoms with Crippen molar-refractivity contribution < 1.29 is 19.1 Å². The first-order chi connectivity index (χ1) is 17.6. The fourth-order valence-electron chi connectivity index (χ4n) is 4.20. The summed E-state index contributed by atoms with van der Waals surface area (Å²) in [6.45, 7) is 1.91. The molecule has 0 radical (unpaired) electrons. The number of nitrogens with one attached hydrogen (secondary N) is 1. The Morgan fingerprint density at radius 2 is 1.19 bits per heavy atom. The molecule has 0 aliphatic rings. The summed E-state index contributed by atoms with van der Waals surface area (Å²) < 4.78 is 5.21. The Bertz CT molecular complexity index is 910. The van der Waals surface area contributed by atoms with Gasteiger partial charge in [-0.25, -0.2) is 4.79 Å². The lowest BCUT2D eigenvalue weighted by atomic mass is 10.0. The number of amides is 1. The summed E-state index contributed by atoms with van der Waals surface area (Å²) in [5.41, 5.74) is 1.15. The Balaban J connectivity index is 1.60. The molecule has 0 saturated carbocycles. The number of Topliss-reactive ketones (excluding diaryl/α,β-unsaturated/α-hetero) is 1. The molecule has 0 fully saturated rings. The Labute approximate surface area is 217 Å². The first-order valence-corrected chi connectivity index (χ1v) is 13.8.